The van der Waals surface area contributed by atoms with Gasteiger partial charge in [-0.2, -0.15) is 0 Å². The molecule has 1 N–H and O–H groups in total. The predicted molar refractivity (Wildman–Crippen MR) is 97.0 cm³/mol. The van der Waals surface area contributed by atoms with Gasteiger partial charge in [0, 0.05) is 6.54 Å². The van der Waals surface area contributed by atoms with E-state index in [1.54, 1.807) is 29.2 Å². The van der Waals surface area contributed by atoms with Crippen molar-refractivity contribution in [3.63, 3.8) is 0 Å². The maximum Gasteiger partial charge on any atom is 0.255 e. The SMILES string of the molecule is COc1ccccc1C(=O)NCC(=O)N1CCO[C@H](c2ccccc2)C1. The summed E-state index contributed by atoms with van der Waals surface area (Å²) >= 11 is 0. The van der Waals surface area contributed by atoms with E-state index in [2.05, 4.69) is 5.32 Å². The number of carbonyl (C=O) groups is 2. The standard InChI is InChI=1S/C20H22N2O4/c1-25-17-10-6-5-9-16(17)20(24)21-13-19(23)22-11-12-26-18(14-22)15-7-3-2-4-8-15/h2-10,18H,11-14H2,1H3,(H,21,24)/t18-/m0/s1. The van der Waals surface area contributed by atoms with Gasteiger partial charge in [-0.05, 0) is 17.7 Å². The van der Waals surface area contributed by atoms with Gasteiger partial charge in [0.25, 0.3) is 5.91 Å². The topological polar surface area (TPSA) is 67.9 Å². The number of hydrogen-bond donors (Lipinski definition) is 1. The summed E-state index contributed by atoms with van der Waals surface area (Å²) in [6, 6.07) is 16.7. The molecular weight excluding hydrogens is 332 g/mol. The molecule has 0 spiro atoms. The number of hydrogen-bond acceptors (Lipinski definition) is 4. The highest BCUT2D eigenvalue weighted by Crippen LogP contribution is 2.22. The Bertz CT molecular complexity index is 763. The molecule has 136 valence electrons. The van der Waals surface area contributed by atoms with Crippen LogP contribution in [0.1, 0.15) is 22.0 Å². The lowest BCUT2D eigenvalue weighted by Crippen LogP contribution is -2.46. The lowest BCUT2D eigenvalue weighted by Gasteiger charge is -2.33. The van der Waals surface area contributed by atoms with Gasteiger partial charge in [0.1, 0.15) is 11.9 Å². The summed E-state index contributed by atoms with van der Waals surface area (Å²) < 4.78 is 11.0. The van der Waals surface area contributed by atoms with Crippen LogP contribution in [0.15, 0.2) is 54.6 Å². The maximum atomic E-state index is 12.5. The first-order chi connectivity index (χ1) is 12.7. The summed E-state index contributed by atoms with van der Waals surface area (Å²) in [5.74, 6) is 0.0223. The molecule has 1 fully saturated rings. The Morgan fingerprint density at radius 3 is 2.65 bits per heavy atom. The van der Waals surface area contributed by atoms with E-state index in [-0.39, 0.29) is 24.5 Å². The van der Waals surface area contributed by atoms with Gasteiger partial charge in [-0.15, -0.1) is 0 Å². The number of rotatable bonds is 5. The minimum atomic E-state index is -0.330. The summed E-state index contributed by atoms with van der Waals surface area (Å²) in [6.07, 6.45) is -0.140. The second-order valence-corrected chi connectivity index (χ2v) is 5.99. The molecule has 26 heavy (non-hydrogen) atoms. The molecule has 2 amide bonds. The van der Waals surface area contributed by atoms with Gasteiger partial charge in [0.15, 0.2) is 0 Å². The molecule has 3 rings (SSSR count). The number of ether oxygens (including phenoxy) is 2. The zero-order valence-electron chi connectivity index (χ0n) is 14.7. The first kappa shape index (κ1) is 17.9. The third-order valence-electron chi connectivity index (χ3n) is 4.34. The van der Waals surface area contributed by atoms with Crippen LogP contribution in [-0.4, -0.2) is 50.1 Å². The average Bonchev–Trinajstić information content (AvgIpc) is 2.72. The van der Waals surface area contributed by atoms with Crippen molar-refractivity contribution in [1.82, 2.24) is 10.2 Å². The minimum Gasteiger partial charge on any atom is -0.496 e. The number of benzene rings is 2. The van der Waals surface area contributed by atoms with Crippen LogP contribution in [0.5, 0.6) is 5.75 Å². The Balaban J connectivity index is 1.57. The molecule has 0 saturated carbocycles. The van der Waals surface area contributed by atoms with Crippen molar-refractivity contribution in [2.45, 2.75) is 6.10 Å². The van der Waals surface area contributed by atoms with E-state index in [4.69, 9.17) is 9.47 Å². The normalized spacial score (nSPS) is 16.8. The van der Waals surface area contributed by atoms with Crippen LogP contribution >= 0.6 is 0 Å². The fraction of sp³-hybridized carbons (Fsp3) is 0.300. The number of methoxy groups -OCH3 is 1. The molecule has 1 atom stereocenters. The van der Waals surface area contributed by atoms with Gasteiger partial charge in [0.05, 0.1) is 32.4 Å². The second-order valence-electron chi connectivity index (χ2n) is 5.99. The highest BCUT2D eigenvalue weighted by molar-refractivity contribution is 5.98. The van der Waals surface area contributed by atoms with E-state index in [1.165, 1.54) is 7.11 Å². The van der Waals surface area contributed by atoms with Crippen molar-refractivity contribution in [2.24, 2.45) is 0 Å². The second kappa shape index (κ2) is 8.49. The Labute approximate surface area is 152 Å². The van der Waals surface area contributed by atoms with Crippen molar-refractivity contribution >= 4 is 11.8 Å². The average molecular weight is 354 g/mol. The Morgan fingerprint density at radius 1 is 1.15 bits per heavy atom. The Kier molecular flexibility index (Phi) is 5.86. The van der Waals surface area contributed by atoms with E-state index in [9.17, 15) is 9.59 Å². The number of morpholine rings is 1. The van der Waals surface area contributed by atoms with E-state index < -0.39 is 0 Å². The largest absolute Gasteiger partial charge is 0.496 e. The van der Waals surface area contributed by atoms with E-state index in [0.29, 0.717) is 31.0 Å². The molecule has 0 unspecified atom stereocenters. The summed E-state index contributed by atoms with van der Waals surface area (Å²) in [7, 11) is 1.51. The number of nitrogens with one attached hydrogen (secondary N) is 1. The van der Waals surface area contributed by atoms with Gasteiger partial charge >= 0.3 is 0 Å². The van der Waals surface area contributed by atoms with Crippen LogP contribution in [0, 0.1) is 0 Å². The molecule has 0 aliphatic carbocycles. The molecular formula is C20H22N2O4. The first-order valence-electron chi connectivity index (χ1n) is 8.54. The first-order valence-corrected chi connectivity index (χ1v) is 8.54. The summed E-state index contributed by atoms with van der Waals surface area (Å²) in [5, 5.41) is 2.67. The van der Waals surface area contributed by atoms with Crippen molar-refractivity contribution < 1.29 is 19.1 Å². The fourth-order valence-corrected chi connectivity index (χ4v) is 2.94. The summed E-state index contributed by atoms with van der Waals surface area (Å²) in [6.45, 7) is 1.42. The number of para-hydroxylation sites is 1. The molecule has 0 radical (unpaired) electrons. The van der Waals surface area contributed by atoms with Crippen molar-refractivity contribution in [3.05, 3.63) is 65.7 Å². The smallest absolute Gasteiger partial charge is 0.255 e. The molecule has 2 aromatic rings. The molecule has 6 heteroatoms. The molecule has 0 aromatic heterocycles. The zero-order chi connectivity index (χ0) is 18.4. The van der Waals surface area contributed by atoms with Gasteiger partial charge in [-0.3, -0.25) is 9.59 Å². The van der Waals surface area contributed by atoms with Crippen molar-refractivity contribution in [1.29, 1.82) is 0 Å². The predicted octanol–water partition coefficient (Wildman–Crippen LogP) is 2.03. The molecule has 0 bridgehead atoms. The van der Waals surface area contributed by atoms with Crippen LogP contribution in [0.2, 0.25) is 0 Å². The maximum absolute atomic E-state index is 12.5. The van der Waals surface area contributed by atoms with Gasteiger partial charge in [0.2, 0.25) is 5.91 Å². The Morgan fingerprint density at radius 2 is 1.88 bits per heavy atom. The quantitative estimate of drug-likeness (QED) is 0.892. The zero-order valence-corrected chi connectivity index (χ0v) is 14.7. The number of amides is 2. The summed E-state index contributed by atoms with van der Waals surface area (Å²) in [5.41, 5.74) is 1.45. The molecule has 2 aromatic carbocycles. The number of nitrogens with zero attached hydrogens (tertiary/aromatic N) is 1. The van der Waals surface area contributed by atoms with Gasteiger partial charge in [-0.25, -0.2) is 0 Å². The van der Waals surface area contributed by atoms with Crippen LogP contribution in [0.4, 0.5) is 0 Å². The van der Waals surface area contributed by atoms with Crippen molar-refractivity contribution in [3.8, 4) is 5.75 Å². The van der Waals surface area contributed by atoms with E-state index in [0.717, 1.165) is 5.56 Å². The van der Waals surface area contributed by atoms with Crippen LogP contribution in [0.25, 0.3) is 0 Å². The van der Waals surface area contributed by atoms with E-state index in [1.807, 2.05) is 30.3 Å². The number of carbonyl (C=O) groups excluding carboxylic acids is 2. The molecule has 6 nitrogen and oxygen atoms in total. The molecule has 1 saturated heterocycles. The molecule has 1 heterocycles. The highest BCUT2D eigenvalue weighted by atomic mass is 16.5. The highest BCUT2D eigenvalue weighted by Gasteiger charge is 2.25. The summed E-state index contributed by atoms with van der Waals surface area (Å²) in [4.78, 5) is 26.5. The third kappa shape index (κ3) is 4.21. The monoisotopic (exact) mass is 354 g/mol. The van der Waals surface area contributed by atoms with Crippen LogP contribution in [-0.2, 0) is 9.53 Å². The van der Waals surface area contributed by atoms with E-state index >= 15 is 0 Å². The van der Waals surface area contributed by atoms with Crippen molar-refractivity contribution in [2.75, 3.05) is 33.4 Å². The van der Waals surface area contributed by atoms with Crippen LogP contribution < -0.4 is 10.1 Å². The molecule has 1 aliphatic rings. The lowest BCUT2D eigenvalue weighted by atomic mass is 10.1. The fourth-order valence-electron chi connectivity index (χ4n) is 2.94. The lowest BCUT2D eigenvalue weighted by molar-refractivity contribution is -0.137. The van der Waals surface area contributed by atoms with Gasteiger partial charge < -0.3 is 19.7 Å². The minimum absolute atomic E-state index is 0.0572. The molecule has 1 aliphatic heterocycles. The van der Waals surface area contributed by atoms with Crippen LogP contribution in [0.3, 0.4) is 0 Å². The third-order valence-corrected chi connectivity index (χ3v) is 4.34. The Hall–Kier alpha value is -2.86. The van der Waals surface area contributed by atoms with Gasteiger partial charge in [-0.1, -0.05) is 42.5 Å².